The van der Waals surface area contributed by atoms with E-state index in [0.717, 1.165) is 25.0 Å². The van der Waals surface area contributed by atoms with E-state index in [1.807, 2.05) is 6.92 Å². The van der Waals surface area contributed by atoms with Crippen molar-refractivity contribution in [2.75, 3.05) is 6.54 Å². The Morgan fingerprint density at radius 3 is 2.65 bits per heavy atom. The van der Waals surface area contributed by atoms with Gasteiger partial charge in [0.25, 0.3) is 5.91 Å². The second-order valence-corrected chi connectivity index (χ2v) is 6.33. The predicted octanol–water partition coefficient (Wildman–Crippen LogP) is 2.88. The van der Waals surface area contributed by atoms with Gasteiger partial charge in [-0.15, -0.1) is 0 Å². The zero-order valence-electron chi connectivity index (χ0n) is 13.4. The molecule has 1 heterocycles. The largest absolute Gasteiger partial charge is 0.388 e. The Morgan fingerprint density at radius 2 is 2.04 bits per heavy atom. The molecule has 3 rings (SSSR count). The number of hydrogen-bond acceptors (Lipinski definition) is 2. The molecule has 0 saturated heterocycles. The Balaban J connectivity index is 1.86. The molecule has 122 valence electrons. The maximum absolute atomic E-state index is 14.0. The van der Waals surface area contributed by atoms with Crippen molar-refractivity contribution < 1.29 is 14.3 Å². The molecule has 1 amide bonds. The van der Waals surface area contributed by atoms with Gasteiger partial charge in [-0.05, 0) is 51.3 Å². The van der Waals surface area contributed by atoms with Gasteiger partial charge < -0.3 is 15.0 Å². The lowest BCUT2D eigenvalue weighted by Crippen LogP contribution is -2.47. The first kappa shape index (κ1) is 15.7. The zero-order chi connectivity index (χ0) is 16.6. The molecule has 4 nitrogen and oxygen atoms in total. The zero-order valence-corrected chi connectivity index (χ0v) is 13.4. The molecule has 5 heteroatoms. The predicted molar refractivity (Wildman–Crippen MR) is 86.3 cm³/mol. The van der Waals surface area contributed by atoms with E-state index in [1.54, 1.807) is 35.8 Å². The van der Waals surface area contributed by atoms with Crippen LogP contribution >= 0.6 is 0 Å². The van der Waals surface area contributed by atoms with E-state index in [2.05, 4.69) is 5.32 Å². The smallest absolute Gasteiger partial charge is 0.253 e. The Hall–Kier alpha value is -2.14. The summed E-state index contributed by atoms with van der Waals surface area (Å²) in [7, 11) is 0. The lowest BCUT2D eigenvalue weighted by Gasteiger charge is -2.36. The quantitative estimate of drug-likeness (QED) is 0.911. The van der Waals surface area contributed by atoms with Crippen molar-refractivity contribution in [3.8, 4) is 5.69 Å². The van der Waals surface area contributed by atoms with Crippen LogP contribution in [0.2, 0.25) is 0 Å². The number of carbonyl (C=O) groups excluding carboxylic acids is 1. The fourth-order valence-electron chi connectivity index (χ4n) is 3.10. The first-order valence-electron chi connectivity index (χ1n) is 7.86. The number of amides is 1. The Bertz CT molecular complexity index is 747. The summed E-state index contributed by atoms with van der Waals surface area (Å²) in [6, 6.07) is 8.25. The number of halogens is 1. The molecular formula is C18H21FN2O2. The van der Waals surface area contributed by atoms with Gasteiger partial charge in [0.2, 0.25) is 0 Å². The number of rotatable bonds is 4. The van der Waals surface area contributed by atoms with E-state index in [-0.39, 0.29) is 18.3 Å². The number of carbonyl (C=O) groups is 1. The molecule has 1 aromatic carbocycles. The van der Waals surface area contributed by atoms with Crippen LogP contribution in [-0.4, -0.2) is 27.7 Å². The highest BCUT2D eigenvalue weighted by Crippen LogP contribution is 2.31. The summed E-state index contributed by atoms with van der Waals surface area (Å²) in [6.07, 6.45) is 2.44. The second-order valence-electron chi connectivity index (χ2n) is 6.33. The SMILES string of the molecule is Cc1cc(C(=O)NCC2(O)CCC2)c(C)n1-c1ccccc1F. The van der Waals surface area contributed by atoms with Crippen LogP contribution in [-0.2, 0) is 0 Å². The first-order chi connectivity index (χ1) is 10.9. The average molecular weight is 316 g/mol. The molecule has 1 aliphatic rings. The van der Waals surface area contributed by atoms with Crippen molar-refractivity contribution in [3.05, 3.63) is 53.1 Å². The van der Waals surface area contributed by atoms with Crippen LogP contribution in [0.4, 0.5) is 4.39 Å². The van der Waals surface area contributed by atoms with Crippen LogP contribution in [0.3, 0.4) is 0 Å². The number of aryl methyl sites for hydroxylation is 1. The molecule has 23 heavy (non-hydrogen) atoms. The monoisotopic (exact) mass is 316 g/mol. The van der Waals surface area contributed by atoms with Gasteiger partial charge >= 0.3 is 0 Å². The van der Waals surface area contributed by atoms with Crippen LogP contribution in [0.1, 0.15) is 41.0 Å². The van der Waals surface area contributed by atoms with Crippen molar-refractivity contribution in [2.24, 2.45) is 0 Å². The van der Waals surface area contributed by atoms with Gasteiger partial charge in [-0.25, -0.2) is 4.39 Å². The van der Waals surface area contributed by atoms with E-state index in [0.29, 0.717) is 16.9 Å². The molecule has 1 aromatic heterocycles. The lowest BCUT2D eigenvalue weighted by atomic mass is 9.80. The van der Waals surface area contributed by atoms with E-state index >= 15 is 0 Å². The Morgan fingerprint density at radius 1 is 1.35 bits per heavy atom. The van der Waals surface area contributed by atoms with Gasteiger partial charge in [-0.1, -0.05) is 12.1 Å². The van der Waals surface area contributed by atoms with Crippen molar-refractivity contribution >= 4 is 5.91 Å². The molecule has 2 aromatic rings. The molecule has 0 aliphatic heterocycles. The summed E-state index contributed by atoms with van der Waals surface area (Å²) < 4.78 is 15.8. The Kier molecular flexibility index (Phi) is 3.98. The van der Waals surface area contributed by atoms with Crippen LogP contribution < -0.4 is 5.32 Å². The lowest BCUT2D eigenvalue weighted by molar-refractivity contribution is -0.0300. The molecule has 0 unspecified atom stereocenters. The topological polar surface area (TPSA) is 54.3 Å². The number of aliphatic hydroxyl groups is 1. The second kappa shape index (κ2) is 5.81. The first-order valence-corrected chi connectivity index (χ1v) is 7.86. The summed E-state index contributed by atoms with van der Waals surface area (Å²) in [6.45, 7) is 3.90. The summed E-state index contributed by atoms with van der Waals surface area (Å²) in [5, 5.41) is 12.9. The fourth-order valence-corrected chi connectivity index (χ4v) is 3.10. The number of benzene rings is 1. The van der Waals surface area contributed by atoms with Crippen molar-refractivity contribution in [1.29, 1.82) is 0 Å². The van der Waals surface area contributed by atoms with Gasteiger partial charge in [-0.2, -0.15) is 0 Å². The van der Waals surface area contributed by atoms with Gasteiger partial charge in [0, 0.05) is 17.9 Å². The van der Waals surface area contributed by atoms with E-state index in [1.165, 1.54) is 6.07 Å². The summed E-state index contributed by atoms with van der Waals surface area (Å²) >= 11 is 0. The van der Waals surface area contributed by atoms with E-state index in [4.69, 9.17) is 0 Å². The van der Waals surface area contributed by atoms with Crippen LogP contribution in [0.25, 0.3) is 5.69 Å². The molecule has 2 N–H and O–H groups in total. The van der Waals surface area contributed by atoms with Crippen molar-refractivity contribution in [1.82, 2.24) is 9.88 Å². The minimum Gasteiger partial charge on any atom is -0.388 e. The maximum atomic E-state index is 14.0. The van der Waals surface area contributed by atoms with Crippen LogP contribution in [0.5, 0.6) is 0 Å². The summed E-state index contributed by atoms with van der Waals surface area (Å²) in [4.78, 5) is 12.4. The summed E-state index contributed by atoms with van der Waals surface area (Å²) in [5.41, 5.74) is 1.66. The molecular weight excluding hydrogens is 295 g/mol. The van der Waals surface area contributed by atoms with Gasteiger partial charge in [0.05, 0.1) is 16.9 Å². The molecule has 1 fully saturated rings. The average Bonchev–Trinajstić information content (AvgIpc) is 2.79. The maximum Gasteiger partial charge on any atom is 0.253 e. The minimum absolute atomic E-state index is 0.235. The molecule has 1 aliphatic carbocycles. The third-order valence-electron chi connectivity index (χ3n) is 4.63. The van der Waals surface area contributed by atoms with Crippen LogP contribution in [0.15, 0.2) is 30.3 Å². The third kappa shape index (κ3) is 2.88. The highest BCUT2D eigenvalue weighted by atomic mass is 19.1. The van der Waals surface area contributed by atoms with Gasteiger partial charge in [-0.3, -0.25) is 4.79 Å². The standard InChI is InChI=1S/C18H21FN2O2/c1-12-10-14(17(22)20-11-18(23)8-5-9-18)13(2)21(12)16-7-4-3-6-15(16)19/h3-4,6-7,10,23H,5,8-9,11H2,1-2H3,(H,20,22). The highest BCUT2D eigenvalue weighted by Gasteiger charge is 2.34. The number of para-hydroxylation sites is 1. The molecule has 0 spiro atoms. The number of hydrogen-bond donors (Lipinski definition) is 2. The van der Waals surface area contributed by atoms with Crippen molar-refractivity contribution in [3.63, 3.8) is 0 Å². The van der Waals surface area contributed by atoms with Gasteiger partial charge in [0.1, 0.15) is 5.82 Å². The molecule has 0 bridgehead atoms. The van der Waals surface area contributed by atoms with Crippen molar-refractivity contribution in [2.45, 2.75) is 38.7 Å². The molecule has 0 radical (unpaired) electrons. The van der Waals surface area contributed by atoms with E-state index in [9.17, 15) is 14.3 Å². The molecule has 1 saturated carbocycles. The third-order valence-corrected chi connectivity index (χ3v) is 4.63. The van der Waals surface area contributed by atoms with E-state index < -0.39 is 5.60 Å². The normalized spacial score (nSPS) is 16.0. The summed E-state index contributed by atoms with van der Waals surface area (Å²) in [5.74, 6) is -0.564. The molecule has 0 atom stereocenters. The fraction of sp³-hybridized carbons (Fsp3) is 0.389. The highest BCUT2D eigenvalue weighted by molar-refractivity contribution is 5.96. The minimum atomic E-state index is -0.757. The number of nitrogens with one attached hydrogen (secondary N) is 1. The van der Waals surface area contributed by atoms with Crippen LogP contribution in [0, 0.1) is 19.7 Å². The Labute approximate surface area is 134 Å². The van der Waals surface area contributed by atoms with Gasteiger partial charge in [0.15, 0.2) is 0 Å². The number of nitrogens with zero attached hydrogens (tertiary/aromatic N) is 1. The number of aromatic nitrogens is 1.